The molecule has 1 aliphatic heterocycles. The summed E-state index contributed by atoms with van der Waals surface area (Å²) in [4.78, 5) is 22.1. The molecule has 2 heterocycles. The van der Waals surface area contributed by atoms with Gasteiger partial charge in [-0.2, -0.15) is 0 Å². The van der Waals surface area contributed by atoms with Crippen LogP contribution in [0.5, 0.6) is 0 Å². The average Bonchev–Trinajstić information content (AvgIpc) is 3.40. The first-order valence-electron chi connectivity index (χ1n) is 11.5. The van der Waals surface area contributed by atoms with Crippen molar-refractivity contribution in [3.63, 3.8) is 0 Å². The number of benzene rings is 1. The molecule has 34 heavy (non-hydrogen) atoms. The number of ether oxygens (including phenoxy) is 2. The molecule has 0 spiro atoms. The number of sulfone groups is 1. The van der Waals surface area contributed by atoms with Crippen LogP contribution in [0, 0.1) is 5.92 Å². The second kappa shape index (κ2) is 9.89. The van der Waals surface area contributed by atoms with E-state index in [1.165, 1.54) is 12.3 Å². The highest BCUT2D eigenvalue weighted by Crippen LogP contribution is 2.37. The summed E-state index contributed by atoms with van der Waals surface area (Å²) in [5, 5.41) is 2.99. The van der Waals surface area contributed by atoms with E-state index in [2.05, 4.69) is 15.3 Å². The average molecular weight is 508 g/mol. The quantitative estimate of drug-likeness (QED) is 0.580. The lowest BCUT2D eigenvalue weighted by atomic mass is 9.87. The molecule has 1 N–H and O–H groups in total. The summed E-state index contributed by atoms with van der Waals surface area (Å²) < 4.78 is 35.3. The molecule has 10 heteroatoms. The fourth-order valence-electron chi connectivity index (χ4n) is 4.62. The highest BCUT2D eigenvalue weighted by atomic mass is 35.5. The molecule has 2 aromatic rings. The summed E-state index contributed by atoms with van der Waals surface area (Å²) in [6, 6.07) is 4.74. The van der Waals surface area contributed by atoms with Gasteiger partial charge in [0, 0.05) is 6.26 Å². The van der Waals surface area contributed by atoms with Crippen molar-refractivity contribution in [1.82, 2.24) is 9.97 Å². The van der Waals surface area contributed by atoms with Crippen LogP contribution in [0.3, 0.4) is 0 Å². The number of anilines is 1. The summed E-state index contributed by atoms with van der Waals surface area (Å²) in [6.07, 6.45) is 9.02. The summed E-state index contributed by atoms with van der Waals surface area (Å²) in [5.74, 6) is -0.606. The Labute approximate surface area is 205 Å². The lowest BCUT2D eigenvalue weighted by Gasteiger charge is -2.21. The lowest BCUT2D eigenvalue weighted by Crippen LogP contribution is -2.24. The van der Waals surface area contributed by atoms with Crippen molar-refractivity contribution in [3.8, 4) is 0 Å². The molecule has 1 amide bonds. The second-order valence-electron chi connectivity index (χ2n) is 9.53. The molecule has 1 aliphatic carbocycles. The van der Waals surface area contributed by atoms with Gasteiger partial charge in [-0.3, -0.25) is 9.78 Å². The zero-order valence-corrected chi connectivity index (χ0v) is 21.2. The first kappa shape index (κ1) is 25.0. The standard InChI is InChI=1S/C24H30ClN3O5S/c1-24(2)32-14-20(33-24)19-12-27-22(13-26-19)28-23(29)17(10-15-6-4-5-7-15)16-8-9-21(18(25)11-16)34(3,30)31/h8-9,11-13,15,17,20H,4-7,10,14H2,1-3H3,(H,27,28,29)/t17-,20?/m1/s1. The molecule has 1 aromatic heterocycles. The maximum Gasteiger partial charge on any atom is 0.233 e. The maximum absolute atomic E-state index is 13.3. The Morgan fingerprint density at radius 1 is 1.24 bits per heavy atom. The van der Waals surface area contributed by atoms with Crippen LogP contribution in [0.2, 0.25) is 5.02 Å². The van der Waals surface area contributed by atoms with Gasteiger partial charge in [-0.05, 0) is 43.9 Å². The largest absolute Gasteiger partial charge is 0.347 e. The number of carbonyl (C=O) groups is 1. The molecule has 8 nitrogen and oxygen atoms in total. The monoisotopic (exact) mass is 507 g/mol. The first-order valence-corrected chi connectivity index (χ1v) is 13.7. The lowest BCUT2D eigenvalue weighted by molar-refractivity contribution is -0.139. The summed E-state index contributed by atoms with van der Waals surface area (Å²) in [7, 11) is -3.46. The highest BCUT2D eigenvalue weighted by molar-refractivity contribution is 7.90. The van der Waals surface area contributed by atoms with Gasteiger partial charge in [0.05, 0.1) is 40.5 Å². The van der Waals surface area contributed by atoms with Crippen molar-refractivity contribution < 1.29 is 22.7 Å². The molecule has 1 saturated heterocycles. The molecule has 4 rings (SSSR count). The topological polar surface area (TPSA) is 107 Å². The van der Waals surface area contributed by atoms with E-state index in [0.717, 1.165) is 31.9 Å². The number of carbonyl (C=O) groups excluding carboxylic acids is 1. The van der Waals surface area contributed by atoms with Gasteiger partial charge in [-0.25, -0.2) is 13.4 Å². The molecule has 1 saturated carbocycles. The predicted octanol–water partition coefficient (Wildman–Crippen LogP) is 4.66. The first-order chi connectivity index (χ1) is 16.0. The predicted molar refractivity (Wildman–Crippen MR) is 128 cm³/mol. The number of halogens is 1. The van der Waals surface area contributed by atoms with E-state index in [1.54, 1.807) is 18.3 Å². The smallest absolute Gasteiger partial charge is 0.233 e. The molecular formula is C24H30ClN3O5S. The number of amides is 1. The van der Waals surface area contributed by atoms with Crippen molar-refractivity contribution in [2.75, 3.05) is 18.2 Å². The van der Waals surface area contributed by atoms with E-state index < -0.39 is 21.5 Å². The minimum Gasteiger partial charge on any atom is -0.347 e. The number of hydrogen-bond donors (Lipinski definition) is 1. The van der Waals surface area contributed by atoms with Crippen LogP contribution in [0.4, 0.5) is 5.82 Å². The molecule has 0 bridgehead atoms. The Kier molecular flexibility index (Phi) is 7.28. The number of hydrogen-bond acceptors (Lipinski definition) is 7. The van der Waals surface area contributed by atoms with Gasteiger partial charge in [0.2, 0.25) is 5.91 Å². The Hall–Kier alpha value is -2.07. The third-order valence-corrected chi connectivity index (χ3v) is 7.96. The van der Waals surface area contributed by atoms with Crippen LogP contribution >= 0.6 is 11.6 Å². The summed E-state index contributed by atoms with van der Waals surface area (Å²) in [5.41, 5.74) is 1.32. The molecule has 0 radical (unpaired) electrons. The van der Waals surface area contributed by atoms with Gasteiger partial charge < -0.3 is 14.8 Å². The number of rotatable bonds is 7. The van der Waals surface area contributed by atoms with Crippen molar-refractivity contribution >= 4 is 33.2 Å². The molecule has 184 valence electrons. The molecule has 1 unspecified atom stereocenters. The van der Waals surface area contributed by atoms with Crippen LogP contribution in [-0.2, 0) is 24.1 Å². The van der Waals surface area contributed by atoms with Crippen LogP contribution in [0.25, 0.3) is 0 Å². The van der Waals surface area contributed by atoms with Gasteiger partial charge >= 0.3 is 0 Å². The van der Waals surface area contributed by atoms with E-state index in [-0.39, 0.29) is 21.9 Å². The fraction of sp³-hybridized carbons (Fsp3) is 0.542. The minimum atomic E-state index is -3.46. The van der Waals surface area contributed by atoms with Crippen LogP contribution in [0.1, 0.15) is 69.2 Å². The molecule has 2 aliphatic rings. The van der Waals surface area contributed by atoms with Crippen molar-refractivity contribution in [3.05, 3.63) is 46.9 Å². The Balaban J connectivity index is 1.52. The Morgan fingerprint density at radius 2 is 1.97 bits per heavy atom. The highest BCUT2D eigenvalue weighted by Gasteiger charge is 2.34. The third-order valence-electron chi connectivity index (χ3n) is 6.38. The number of nitrogens with one attached hydrogen (secondary N) is 1. The number of aromatic nitrogens is 2. The zero-order chi connectivity index (χ0) is 24.5. The van der Waals surface area contributed by atoms with Crippen molar-refractivity contribution in [2.24, 2.45) is 5.92 Å². The maximum atomic E-state index is 13.3. The van der Waals surface area contributed by atoms with E-state index in [1.807, 2.05) is 13.8 Å². The normalized spacial score (nSPS) is 21.5. The van der Waals surface area contributed by atoms with Crippen molar-refractivity contribution in [2.45, 2.75) is 68.7 Å². The van der Waals surface area contributed by atoms with Gasteiger partial charge in [0.15, 0.2) is 21.4 Å². The van der Waals surface area contributed by atoms with E-state index in [9.17, 15) is 13.2 Å². The molecule has 2 fully saturated rings. The van der Waals surface area contributed by atoms with Crippen molar-refractivity contribution in [1.29, 1.82) is 0 Å². The Morgan fingerprint density at radius 3 is 2.53 bits per heavy atom. The number of nitrogens with zero attached hydrogens (tertiary/aromatic N) is 2. The van der Waals surface area contributed by atoms with Crippen LogP contribution in [0.15, 0.2) is 35.5 Å². The van der Waals surface area contributed by atoms with Gasteiger partial charge in [0.1, 0.15) is 6.10 Å². The van der Waals surface area contributed by atoms with Gasteiger partial charge in [-0.1, -0.05) is 43.4 Å². The molecular weight excluding hydrogens is 478 g/mol. The van der Waals surface area contributed by atoms with Gasteiger partial charge in [-0.15, -0.1) is 0 Å². The van der Waals surface area contributed by atoms with E-state index in [0.29, 0.717) is 36.0 Å². The third kappa shape index (κ3) is 5.94. The fourth-order valence-corrected chi connectivity index (χ4v) is 5.96. The van der Waals surface area contributed by atoms with E-state index >= 15 is 0 Å². The minimum absolute atomic E-state index is 0.0562. The SMILES string of the molecule is CC1(C)OCC(c2cnc(NC(=O)[C@H](CC3CCCC3)c3ccc(S(C)(=O)=O)c(Cl)c3)cn2)O1. The van der Waals surface area contributed by atoms with Gasteiger partial charge in [0.25, 0.3) is 0 Å². The second-order valence-corrected chi connectivity index (χ2v) is 11.9. The zero-order valence-electron chi connectivity index (χ0n) is 19.6. The van der Waals surface area contributed by atoms with Crippen LogP contribution in [-0.4, -0.2) is 42.9 Å². The summed E-state index contributed by atoms with van der Waals surface area (Å²) in [6.45, 7) is 4.07. The summed E-state index contributed by atoms with van der Waals surface area (Å²) >= 11 is 6.28. The molecule has 2 atom stereocenters. The van der Waals surface area contributed by atoms with E-state index in [4.69, 9.17) is 21.1 Å². The van der Waals surface area contributed by atoms with Crippen LogP contribution < -0.4 is 5.32 Å². The Bertz CT molecular complexity index is 1150. The molecule has 1 aromatic carbocycles.